The number of rotatable bonds is 8. The molecular formula is C21H26N6O4. The Labute approximate surface area is 180 Å². The zero-order valence-electron chi connectivity index (χ0n) is 18.2. The third-order valence-electron chi connectivity index (χ3n) is 5.00. The highest BCUT2D eigenvalue weighted by Gasteiger charge is 2.24. The van der Waals surface area contributed by atoms with E-state index in [1.54, 1.807) is 37.8 Å². The van der Waals surface area contributed by atoms with Crippen LogP contribution in [0.1, 0.15) is 29.4 Å². The van der Waals surface area contributed by atoms with Gasteiger partial charge >= 0.3 is 5.69 Å². The Balaban J connectivity index is 1.58. The number of aromatic nitrogens is 4. The molecule has 0 saturated heterocycles. The summed E-state index contributed by atoms with van der Waals surface area (Å²) in [5, 5.41) is 22.4. The van der Waals surface area contributed by atoms with Gasteiger partial charge in [-0.3, -0.25) is 19.6 Å². The zero-order chi connectivity index (χ0) is 22.7. The maximum Gasteiger partial charge on any atom is 0.312 e. The molecule has 1 aromatic carbocycles. The minimum atomic E-state index is -0.451. The van der Waals surface area contributed by atoms with Gasteiger partial charge in [0, 0.05) is 0 Å². The van der Waals surface area contributed by atoms with Crippen molar-refractivity contribution in [3.63, 3.8) is 0 Å². The Morgan fingerprint density at radius 1 is 1.29 bits per heavy atom. The van der Waals surface area contributed by atoms with Crippen LogP contribution in [0.25, 0.3) is 0 Å². The van der Waals surface area contributed by atoms with Crippen LogP contribution < -0.4 is 10.1 Å². The smallest absolute Gasteiger partial charge is 0.312 e. The van der Waals surface area contributed by atoms with E-state index in [1.807, 2.05) is 32.0 Å². The van der Waals surface area contributed by atoms with Crippen molar-refractivity contribution in [2.24, 2.45) is 5.92 Å². The van der Waals surface area contributed by atoms with E-state index in [0.29, 0.717) is 17.1 Å². The fraction of sp³-hybridized carbons (Fsp3) is 0.381. The summed E-state index contributed by atoms with van der Waals surface area (Å²) in [6.07, 6.45) is 3.23. The topological polar surface area (TPSA) is 117 Å². The monoisotopic (exact) mass is 426 g/mol. The zero-order valence-corrected chi connectivity index (χ0v) is 18.2. The van der Waals surface area contributed by atoms with Crippen LogP contribution in [0.3, 0.4) is 0 Å². The lowest BCUT2D eigenvalue weighted by Crippen LogP contribution is -2.25. The summed E-state index contributed by atoms with van der Waals surface area (Å²) in [6.45, 7) is 9.40. The van der Waals surface area contributed by atoms with Gasteiger partial charge in [0.05, 0.1) is 35.5 Å². The van der Waals surface area contributed by atoms with Crippen molar-refractivity contribution >= 4 is 17.3 Å². The molecule has 1 N–H and O–H groups in total. The maximum absolute atomic E-state index is 12.6. The molecule has 0 bridgehead atoms. The van der Waals surface area contributed by atoms with Gasteiger partial charge in [-0.05, 0) is 39.3 Å². The van der Waals surface area contributed by atoms with E-state index in [1.165, 1.54) is 4.68 Å². The summed E-state index contributed by atoms with van der Waals surface area (Å²) in [5.74, 6) is 0.0942. The van der Waals surface area contributed by atoms with Crippen LogP contribution in [0.5, 0.6) is 5.75 Å². The van der Waals surface area contributed by atoms with Crippen LogP contribution in [-0.4, -0.2) is 30.4 Å². The van der Waals surface area contributed by atoms with E-state index in [9.17, 15) is 14.9 Å². The van der Waals surface area contributed by atoms with Crippen LogP contribution in [0, 0.1) is 43.7 Å². The normalized spacial score (nSPS) is 11.9. The molecule has 10 nitrogen and oxygen atoms in total. The predicted octanol–water partition coefficient (Wildman–Crippen LogP) is 3.53. The number of ether oxygens (including phenoxy) is 1. The molecular weight excluding hydrogens is 400 g/mol. The lowest BCUT2D eigenvalue weighted by atomic mass is 10.1. The molecule has 2 heterocycles. The van der Waals surface area contributed by atoms with Crippen molar-refractivity contribution in [1.82, 2.24) is 19.6 Å². The molecule has 10 heteroatoms. The molecule has 3 rings (SSSR count). The van der Waals surface area contributed by atoms with Crippen LogP contribution in [0.15, 0.2) is 30.6 Å². The summed E-state index contributed by atoms with van der Waals surface area (Å²) < 4.78 is 8.88. The summed E-state index contributed by atoms with van der Waals surface area (Å²) in [6, 6.07) is 5.95. The van der Waals surface area contributed by atoms with Crippen molar-refractivity contribution in [3.05, 3.63) is 63.2 Å². The van der Waals surface area contributed by atoms with E-state index in [-0.39, 0.29) is 24.9 Å². The number of amides is 1. The number of carbonyl (C=O) groups is 1. The Bertz CT molecular complexity index is 1120. The molecule has 164 valence electrons. The minimum absolute atomic E-state index is 0.0160. The molecule has 0 radical (unpaired) electrons. The Kier molecular flexibility index (Phi) is 6.38. The molecule has 0 fully saturated rings. The van der Waals surface area contributed by atoms with Gasteiger partial charge in [0.25, 0.3) is 0 Å². The summed E-state index contributed by atoms with van der Waals surface area (Å²) >= 11 is 0. The molecule has 0 aliphatic rings. The minimum Gasteiger partial charge on any atom is -0.471 e. The van der Waals surface area contributed by atoms with Gasteiger partial charge in [0.15, 0.2) is 6.73 Å². The number of hydrogen-bond donors (Lipinski definition) is 1. The quantitative estimate of drug-likeness (QED) is 0.435. The fourth-order valence-corrected chi connectivity index (χ4v) is 3.33. The molecule has 1 unspecified atom stereocenters. The molecule has 1 atom stereocenters. The fourth-order valence-electron chi connectivity index (χ4n) is 3.33. The van der Waals surface area contributed by atoms with Crippen molar-refractivity contribution in [3.8, 4) is 5.75 Å². The first-order valence-corrected chi connectivity index (χ1v) is 9.87. The largest absolute Gasteiger partial charge is 0.471 e. The average molecular weight is 426 g/mol. The first-order valence-electron chi connectivity index (χ1n) is 9.87. The van der Waals surface area contributed by atoms with E-state index in [2.05, 4.69) is 15.5 Å². The Morgan fingerprint density at radius 2 is 2.03 bits per heavy atom. The summed E-state index contributed by atoms with van der Waals surface area (Å²) in [5.41, 5.74) is 3.49. The van der Waals surface area contributed by atoms with Crippen LogP contribution in [0.4, 0.5) is 11.4 Å². The molecule has 2 aromatic heterocycles. The first-order chi connectivity index (χ1) is 14.7. The number of hydrogen-bond acceptors (Lipinski definition) is 6. The standard InChI is InChI=1S/C21H26N6O4/c1-13-6-7-19(14(2)8-13)31-12-25-11-18(9-22-25)23-21(28)15(3)10-26-17(5)20(27(29)30)16(4)24-26/h6-9,11,15H,10,12H2,1-5H3,(H,23,28). The molecule has 0 aliphatic heterocycles. The van der Waals surface area contributed by atoms with Crippen LogP contribution in [-0.2, 0) is 18.1 Å². The molecule has 0 saturated carbocycles. The third-order valence-corrected chi connectivity index (χ3v) is 5.00. The lowest BCUT2D eigenvalue weighted by molar-refractivity contribution is -0.386. The first kappa shape index (κ1) is 22.0. The highest BCUT2D eigenvalue weighted by molar-refractivity contribution is 5.92. The van der Waals surface area contributed by atoms with E-state index in [4.69, 9.17) is 4.74 Å². The second-order valence-electron chi connectivity index (χ2n) is 7.66. The van der Waals surface area contributed by atoms with Gasteiger partial charge < -0.3 is 10.1 Å². The molecule has 0 aliphatic carbocycles. The highest BCUT2D eigenvalue weighted by Crippen LogP contribution is 2.23. The van der Waals surface area contributed by atoms with Gasteiger partial charge in [-0.25, -0.2) is 4.68 Å². The Hall–Kier alpha value is -3.69. The van der Waals surface area contributed by atoms with E-state index < -0.39 is 10.8 Å². The van der Waals surface area contributed by atoms with Gasteiger partial charge in [-0.15, -0.1) is 0 Å². The lowest BCUT2D eigenvalue weighted by Gasteiger charge is -2.12. The summed E-state index contributed by atoms with van der Waals surface area (Å²) in [4.78, 5) is 23.3. The van der Waals surface area contributed by atoms with Gasteiger partial charge in [-0.1, -0.05) is 24.6 Å². The molecule has 0 spiro atoms. The van der Waals surface area contributed by atoms with Crippen LogP contribution in [0.2, 0.25) is 0 Å². The average Bonchev–Trinajstić information content (AvgIpc) is 3.24. The van der Waals surface area contributed by atoms with Gasteiger partial charge in [0.2, 0.25) is 5.91 Å². The number of nitrogens with zero attached hydrogens (tertiary/aromatic N) is 5. The molecule has 1 amide bonds. The second kappa shape index (κ2) is 8.99. The van der Waals surface area contributed by atoms with Crippen molar-refractivity contribution in [2.75, 3.05) is 5.32 Å². The number of anilines is 1. The predicted molar refractivity (Wildman–Crippen MR) is 115 cm³/mol. The maximum atomic E-state index is 12.6. The van der Waals surface area contributed by atoms with Gasteiger partial charge in [-0.2, -0.15) is 10.2 Å². The third kappa shape index (κ3) is 5.08. The number of benzene rings is 1. The number of nitrogens with one attached hydrogen (secondary N) is 1. The second-order valence-corrected chi connectivity index (χ2v) is 7.66. The van der Waals surface area contributed by atoms with E-state index in [0.717, 1.165) is 16.9 Å². The van der Waals surface area contributed by atoms with Crippen molar-refractivity contribution < 1.29 is 14.5 Å². The van der Waals surface area contributed by atoms with Crippen LogP contribution >= 0.6 is 0 Å². The van der Waals surface area contributed by atoms with Gasteiger partial charge in [0.1, 0.15) is 17.1 Å². The highest BCUT2D eigenvalue weighted by atomic mass is 16.6. The van der Waals surface area contributed by atoms with Crippen molar-refractivity contribution in [2.45, 2.75) is 47.9 Å². The summed E-state index contributed by atoms with van der Waals surface area (Å²) in [7, 11) is 0. The SMILES string of the molecule is Cc1ccc(OCn2cc(NC(=O)C(C)Cn3nc(C)c([N+](=O)[O-])c3C)cn2)c(C)c1. The number of carbonyl (C=O) groups excluding carboxylic acids is 1. The Morgan fingerprint density at radius 3 is 2.68 bits per heavy atom. The molecule has 31 heavy (non-hydrogen) atoms. The molecule has 3 aromatic rings. The number of nitro groups is 1. The number of aryl methyl sites for hydroxylation is 3. The van der Waals surface area contributed by atoms with E-state index >= 15 is 0 Å². The van der Waals surface area contributed by atoms with Crippen molar-refractivity contribution in [1.29, 1.82) is 0 Å².